The molecule has 0 aliphatic carbocycles. The van der Waals surface area contributed by atoms with Gasteiger partial charge in [-0.1, -0.05) is 16.8 Å². The Balaban J connectivity index is 2.95. The fraction of sp³-hybridized carbons (Fsp3) is 0. The molecule has 10 heavy (non-hydrogen) atoms. The van der Waals surface area contributed by atoms with Crippen molar-refractivity contribution in [2.45, 2.75) is 0 Å². The minimum atomic E-state index is 0.367. The molecule has 0 fully saturated rings. The molecule has 50 valence electrons. The Kier molecular flexibility index (Phi) is 1.07. The van der Waals surface area contributed by atoms with Crippen LogP contribution < -0.4 is 0 Å². The van der Waals surface area contributed by atoms with E-state index in [-0.39, 0.29) is 0 Å². The van der Waals surface area contributed by atoms with Crippen LogP contribution in [0.3, 0.4) is 0 Å². The number of hydrogen-bond donors (Lipinski definition) is 0. The predicted molar refractivity (Wildman–Crippen MR) is 34.6 cm³/mol. The van der Waals surface area contributed by atoms with Gasteiger partial charge in [0.05, 0.1) is 11.6 Å². The second-order valence-electron chi connectivity index (χ2n) is 1.71. The summed E-state index contributed by atoms with van der Waals surface area (Å²) < 4.78 is 4.71. The zero-order chi connectivity index (χ0) is 6.97. The molecule has 0 spiro atoms. The molecule has 0 atom stereocenters. The van der Waals surface area contributed by atoms with Gasteiger partial charge >= 0.3 is 0 Å². The zero-order valence-electron chi connectivity index (χ0n) is 4.78. The van der Waals surface area contributed by atoms with Gasteiger partial charge in [-0.15, -0.1) is 0 Å². The Morgan fingerprint density at radius 3 is 3.10 bits per heavy atom. The quantitative estimate of drug-likeness (QED) is 0.538. The molecule has 0 amide bonds. The highest BCUT2D eigenvalue weighted by Gasteiger charge is 2.02. The predicted octanol–water partition coefficient (Wildman–Crippen LogP) is 1.27. The van der Waals surface area contributed by atoms with E-state index in [1.807, 2.05) is 0 Å². The van der Waals surface area contributed by atoms with E-state index in [1.54, 1.807) is 0 Å². The molecule has 0 N–H and O–H groups in total. The van der Waals surface area contributed by atoms with Gasteiger partial charge in [0.15, 0.2) is 0 Å². The fourth-order valence-electron chi connectivity index (χ4n) is 0.670. The summed E-state index contributed by atoms with van der Waals surface area (Å²) in [5, 5.41) is 4.51. The van der Waals surface area contributed by atoms with Crippen molar-refractivity contribution >= 4 is 22.7 Å². The summed E-state index contributed by atoms with van der Waals surface area (Å²) in [5.41, 5.74) is 0.417. The van der Waals surface area contributed by atoms with Crippen LogP contribution in [0.4, 0.5) is 0 Å². The summed E-state index contributed by atoms with van der Waals surface area (Å²) in [7, 11) is 0. The molecule has 2 heterocycles. The average Bonchev–Trinajstić information content (AvgIpc) is 2.36. The Hall–Kier alpha value is -1.16. The van der Waals surface area contributed by atoms with Crippen molar-refractivity contribution in [3.8, 4) is 0 Å². The summed E-state index contributed by atoms with van der Waals surface area (Å²) in [4.78, 5) is 7.51. The Morgan fingerprint density at radius 1 is 1.40 bits per heavy atom. The summed E-state index contributed by atoms with van der Waals surface area (Å²) in [5.74, 6) is 0. The summed E-state index contributed by atoms with van der Waals surface area (Å²) in [6.45, 7) is 0. The number of halogens is 1. The molecular formula is C5H2ClN3O. The minimum Gasteiger partial charge on any atom is -0.336 e. The maximum atomic E-state index is 5.65. The van der Waals surface area contributed by atoms with E-state index in [1.165, 1.54) is 12.5 Å². The van der Waals surface area contributed by atoms with E-state index < -0.39 is 0 Å². The average molecular weight is 156 g/mol. The Bertz CT molecular complexity index is 358. The lowest BCUT2D eigenvalue weighted by Gasteiger charge is -1.84. The van der Waals surface area contributed by atoms with E-state index in [9.17, 15) is 0 Å². The van der Waals surface area contributed by atoms with Crippen molar-refractivity contribution in [1.29, 1.82) is 0 Å². The molecule has 4 nitrogen and oxygen atoms in total. The normalized spacial score (nSPS) is 10.5. The SMILES string of the molecule is Clc1ncnc2oncc12. The van der Waals surface area contributed by atoms with E-state index >= 15 is 0 Å². The summed E-state index contributed by atoms with van der Waals surface area (Å²) in [6, 6.07) is 0. The van der Waals surface area contributed by atoms with Crippen LogP contribution in [0.5, 0.6) is 0 Å². The van der Waals surface area contributed by atoms with Crippen LogP contribution in [-0.2, 0) is 0 Å². The van der Waals surface area contributed by atoms with Crippen molar-refractivity contribution in [2.24, 2.45) is 0 Å². The summed E-state index contributed by atoms with van der Waals surface area (Å²) in [6.07, 6.45) is 2.81. The van der Waals surface area contributed by atoms with Crippen molar-refractivity contribution in [1.82, 2.24) is 15.1 Å². The lowest BCUT2D eigenvalue weighted by molar-refractivity contribution is 0.448. The van der Waals surface area contributed by atoms with Gasteiger partial charge in [-0.05, 0) is 0 Å². The van der Waals surface area contributed by atoms with Gasteiger partial charge in [0, 0.05) is 0 Å². The maximum absolute atomic E-state index is 5.65. The minimum absolute atomic E-state index is 0.367. The Labute approximate surface area is 60.8 Å². The van der Waals surface area contributed by atoms with Crippen LogP contribution in [0.25, 0.3) is 11.1 Å². The lowest BCUT2D eigenvalue weighted by atomic mass is 10.5. The third kappa shape index (κ3) is 0.657. The van der Waals surface area contributed by atoms with Crippen molar-refractivity contribution in [2.75, 3.05) is 0 Å². The van der Waals surface area contributed by atoms with Crippen molar-refractivity contribution < 1.29 is 4.52 Å². The van der Waals surface area contributed by atoms with Crippen LogP contribution in [0, 0.1) is 0 Å². The molecule has 0 radical (unpaired) electrons. The number of nitrogens with zero attached hydrogens (tertiary/aromatic N) is 3. The van der Waals surface area contributed by atoms with Crippen LogP contribution in [-0.4, -0.2) is 15.1 Å². The molecule has 2 aromatic heterocycles. The second-order valence-corrected chi connectivity index (χ2v) is 2.07. The first-order chi connectivity index (χ1) is 4.88. The van der Waals surface area contributed by atoms with E-state index in [0.717, 1.165) is 0 Å². The summed E-state index contributed by atoms with van der Waals surface area (Å²) >= 11 is 5.65. The molecule has 0 bridgehead atoms. The Morgan fingerprint density at radius 2 is 2.30 bits per heavy atom. The van der Waals surface area contributed by atoms with Gasteiger partial charge in [-0.3, -0.25) is 0 Å². The molecule has 0 aliphatic heterocycles. The number of rotatable bonds is 0. The number of hydrogen-bond acceptors (Lipinski definition) is 4. The molecular weight excluding hydrogens is 154 g/mol. The van der Waals surface area contributed by atoms with Crippen LogP contribution in [0.2, 0.25) is 5.15 Å². The van der Waals surface area contributed by atoms with Gasteiger partial charge in [0.1, 0.15) is 11.5 Å². The van der Waals surface area contributed by atoms with Crippen LogP contribution in [0.1, 0.15) is 0 Å². The van der Waals surface area contributed by atoms with Gasteiger partial charge < -0.3 is 4.52 Å². The van der Waals surface area contributed by atoms with Gasteiger partial charge in [-0.25, -0.2) is 4.98 Å². The highest BCUT2D eigenvalue weighted by Crippen LogP contribution is 2.16. The molecule has 0 aromatic carbocycles. The topological polar surface area (TPSA) is 51.8 Å². The molecule has 0 saturated carbocycles. The third-order valence-corrected chi connectivity index (χ3v) is 1.42. The largest absolute Gasteiger partial charge is 0.336 e. The first kappa shape index (κ1) is 5.61. The smallest absolute Gasteiger partial charge is 0.262 e. The molecule has 0 unspecified atom stereocenters. The van der Waals surface area contributed by atoms with Crippen LogP contribution in [0.15, 0.2) is 17.0 Å². The number of aromatic nitrogens is 3. The lowest BCUT2D eigenvalue weighted by Crippen LogP contribution is -1.77. The third-order valence-electron chi connectivity index (χ3n) is 1.12. The molecule has 2 rings (SSSR count). The monoisotopic (exact) mass is 155 g/mol. The first-order valence-electron chi connectivity index (χ1n) is 2.59. The second kappa shape index (κ2) is 1.91. The zero-order valence-corrected chi connectivity index (χ0v) is 5.54. The van der Waals surface area contributed by atoms with Crippen molar-refractivity contribution in [3.63, 3.8) is 0 Å². The van der Waals surface area contributed by atoms with Gasteiger partial charge in [-0.2, -0.15) is 4.98 Å². The molecule has 0 saturated heterocycles. The molecule has 2 aromatic rings. The van der Waals surface area contributed by atoms with E-state index in [4.69, 9.17) is 16.1 Å². The van der Waals surface area contributed by atoms with Crippen molar-refractivity contribution in [3.05, 3.63) is 17.7 Å². The van der Waals surface area contributed by atoms with Gasteiger partial charge in [0.2, 0.25) is 0 Å². The molecule has 0 aliphatic rings. The van der Waals surface area contributed by atoms with Crippen LogP contribution >= 0.6 is 11.6 Å². The highest BCUT2D eigenvalue weighted by molar-refractivity contribution is 6.33. The number of fused-ring (bicyclic) bond motifs is 1. The standard InChI is InChI=1S/C5H2ClN3O/c6-4-3-1-9-10-5(3)8-2-7-4/h1-2H. The highest BCUT2D eigenvalue weighted by atomic mass is 35.5. The van der Waals surface area contributed by atoms with E-state index in [2.05, 4.69) is 15.1 Å². The fourth-order valence-corrected chi connectivity index (χ4v) is 0.843. The molecule has 5 heteroatoms. The van der Waals surface area contributed by atoms with Gasteiger partial charge in [0.25, 0.3) is 5.71 Å². The van der Waals surface area contributed by atoms with E-state index in [0.29, 0.717) is 16.3 Å². The maximum Gasteiger partial charge on any atom is 0.262 e. The first-order valence-corrected chi connectivity index (χ1v) is 2.96.